The van der Waals surface area contributed by atoms with Gasteiger partial charge in [-0.05, 0) is 12.1 Å². The summed E-state index contributed by atoms with van der Waals surface area (Å²) in [5.74, 6) is -1.18. The Balaban J connectivity index is 2.11. The largest absolute Gasteiger partial charge is 0.477 e. The lowest BCUT2D eigenvalue weighted by Gasteiger charge is -2.06. The lowest BCUT2D eigenvalue weighted by molar-refractivity contribution is 0.0691. The van der Waals surface area contributed by atoms with Crippen LogP contribution >= 0.6 is 0 Å². The standard InChI is InChI=1S/C16H10N4O3/c21-13-7-12(16(22)23)19-14-9(3-1-4-10(13)14)11-8-18-20-6-2-5-17-15(11)20/h1-8H,(H,19,21)(H,22,23). The van der Waals surface area contributed by atoms with Gasteiger partial charge in [-0.1, -0.05) is 12.1 Å². The zero-order valence-electron chi connectivity index (χ0n) is 11.7. The highest BCUT2D eigenvalue weighted by Gasteiger charge is 2.14. The van der Waals surface area contributed by atoms with Gasteiger partial charge in [0.1, 0.15) is 5.69 Å². The van der Waals surface area contributed by atoms with Crippen molar-refractivity contribution in [3.8, 4) is 11.1 Å². The summed E-state index contributed by atoms with van der Waals surface area (Å²) in [6, 6.07) is 8.05. The van der Waals surface area contributed by atoms with Crippen molar-refractivity contribution in [1.29, 1.82) is 0 Å². The molecule has 3 heterocycles. The second-order valence-corrected chi connectivity index (χ2v) is 5.03. The summed E-state index contributed by atoms with van der Waals surface area (Å²) in [7, 11) is 0. The Hall–Kier alpha value is -3.48. The Morgan fingerprint density at radius 1 is 1.22 bits per heavy atom. The van der Waals surface area contributed by atoms with Crippen LogP contribution in [0.4, 0.5) is 0 Å². The molecule has 23 heavy (non-hydrogen) atoms. The van der Waals surface area contributed by atoms with Crippen molar-refractivity contribution in [2.75, 3.05) is 0 Å². The first-order valence-corrected chi connectivity index (χ1v) is 6.83. The predicted octanol–water partition coefficient (Wildman–Crippen LogP) is 1.94. The van der Waals surface area contributed by atoms with E-state index in [0.29, 0.717) is 22.1 Å². The fourth-order valence-corrected chi connectivity index (χ4v) is 2.63. The smallest absolute Gasteiger partial charge is 0.352 e. The molecule has 0 saturated heterocycles. The molecule has 0 aliphatic carbocycles. The summed E-state index contributed by atoms with van der Waals surface area (Å²) in [6.45, 7) is 0. The van der Waals surface area contributed by atoms with Crippen LogP contribution in [-0.4, -0.2) is 30.7 Å². The molecule has 0 saturated carbocycles. The number of carboxylic acid groups (broad SMARTS) is 1. The highest BCUT2D eigenvalue weighted by atomic mass is 16.4. The summed E-state index contributed by atoms with van der Waals surface area (Å²) < 4.78 is 1.62. The Bertz CT molecular complexity index is 1130. The molecule has 0 bridgehead atoms. The fourth-order valence-electron chi connectivity index (χ4n) is 2.63. The molecule has 2 N–H and O–H groups in total. The highest BCUT2D eigenvalue weighted by Crippen LogP contribution is 2.28. The topological polar surface area (TPSA) is 100 Å². The van der Waals surface area contributed by atoms with Gasteiger partial charge >= 0.3 is 5.97 Å². The molecule has 4 rings (SSSR count). The van der Waals surface area contributed by atoms with Crippen molar-refractivity contribution in [2.24, 2.45) is 0 Å². The zero-order valence-corrected chi connectivity index (χ0v) is 11.7. The van der Waals surface area contributed by atoms with Crippen molar-refractivity contribution in [2.45, 2.75) is 0 Å². The average molecular weight is 306 g/mol. The minimum atomic E-state index is -1.18. The van der Waals surface area contributed by atoms with E-state index in [1.165, 1.54) is 0 Å². The molecule has 0 fully saturated rings. The Morgan fingerprint density at radius 3 is 2.91 bits per heavy atom. The maximum absolute atomic E-state index is 12.2. The summed E-state index contributed by atoms with van der Waals surface area (Å²) in [6.07, 6.45) is 5.06. The van der Waals surface area contributed by atoms with Crippen LogP contribution in [0.3, 0.4) is 0 Å². The normalized spacial score (nSPS) is 11.1. The Kier molecular flexibility index (Phi) is 2.74. The van der Waals surface area contributed by atoms with Gasteiger partial charge in [0.15, 0.2) is 11.1 Å². The molecule has 0 unspecified atom stereocenters. The van der Waals surface area contributed by atoms with E-state index in [9.17, 15) is 9.59 Å². The molecule has 0 aliphatic heterocycles. The van der Waals surface area contributed by atoms with Crippen LogP contribution in [0.1, 0.15) is 10.5 Å². The number of nitrogens with one attached hydrogen (secondary N) is 1. The molecule has 112 valence electrons. The first-order chi connectivity index (χ1) is 11.1. The van der Waals surface area contributed by atoms with Crippen molar-refractivity contribution >= 4 is 22.5 Å². The van der Waals surface area contributed by atoms with Gasteiger partial charge < -0.3 is 10.1 Å². The number of hydrogen-bond donors (Lipinski definition) is 2. The average Bonchev–Trinajstić information content (AvgIpc) is 2.98. The third-order valence-corrected chi connectivity index (χ3v) is 3.66. The van der Waals surface area contributed by atoms with Gasteiger partial charge in [-0.25, -0.2) is 14.3 Å². The predicted molar refractivity (Wildman–Crippen MR) is 83.5 cm³/mol. The van der Waals surface area contributed by atoms with Crippen LogP contribution in [0.2, 0.25) is 0 Å². The molecular formula is C16H10N4O3. The summed E-state index contributed by atoms with van der Waals surface area (Å²) in [4.78, 5) is 30.5. The van der Waals surface area contributed by atoms with Crippen LogP contribution in [0.5, 0.6) is 0 Å². The Morgan fingerprint density at radius 2 is 2.09 bits per heavy atom. The minimum Gasteiger partial charge on any atom is -0.477 e. The van der Waals surface area contributed by atoms with E-state index in [1.807, 2.05) is 0 Å². The van der Waals surface area contributed by atoms with Crippen LogP contribution in [-0.2, 0) is 0 Å². The van der Waals surface area contributed by atoms with E-state index < -0.39 is 5.97 Å². The van der Waals surface area contributed by atoms with Crippen LogP contribution in [0.15, 0.2) is 53.7 Å². The lowest BCUT2D eigenvalue weighted by Crippen LogP contribution is -2.10. The Labute approximate surface area is 128 Å². The van der Waals surface area contributed by atoms with E-state index in [-0.39, 0.29) is 11.1 Å². The number of benzene rings is 1. The first-order valence-electron chi connectivity index (χ1n) is 6.83. The van der Waals surface area contributed by atoms with Gasteiger partial charge in [0.05, 0.1) is 11.7 Å². The molecule has 0 atom stereocenters. The second kappa shape index (κ2) is 4.77. The molecule has 0 radical (unpaired) electrons. The number of rotatable bonds is 2. The van der Waals surface area contributed by atoms with E-state index in [2.05, 4.69) is 15.1 Å². The number of nitrogens with zero attached hydrogens (tertiary/aromatic N) is 3. The SMILES string of the molecule is O=C(O)c1cc(=O)c2cccc(-c3cnn4cccnc34)c2[nH]1. The number of hydrogen-bond acceptors (Lipinski definition) is 4. The van der Waals surface area contributed by atoms with Crippen LogP contribution < -0.4 is 5.43 Å². The van der Waals surface area contributed by atoms with Crippen molar-refractivity contribution in [3.05, 3.63) is 64.8 Å². The molecule has 0 spiro atoms. The van der Waals surface area contributed by atoms with E-state index >= 15 is 0 Å². The second-order valence-electron chi connectivity index (χ2n) is 5.03. The maximum atomic E-state index is 12.2. The molecule has 4 aromatic rings. The number of aromatic carboxylic acids is 1. The van der Waals surface area contributed by atoms with Gasteiger partial charge in [-0.15, -0.1) is 0 Å². The van der Waals surface area contributed by atoms with Crippen molar-refractivity contribution in [1.82, 2.24) is 19.6 Å². The maximum Gasteiger partial charge on any atom is 0.352 e. The molecule has 1 aromatic carbocycles. The summed E-state index contributed by atoms with van der Waals surface area (Å²) in [5.41, 5.74) is 1.98. The van der Waals surface area contributed by atoms with Crippen molar-refractivity contribution < 1.29 is 9.90 Å². The quantitative estimate of drug-likeness (QED) is 0.589. The number of H-pyrrole nitrogens is 1. The summed E-state index contributed by atoms with van der Waals surface area (Å²) >= 11 is 0. The molecule has 0 amide bonds. The van der Waals surface area contributed by atoms with E-state index in [1.54, 1.807) is 47.4 Å². The fraction of sp³-hybridized carbons (Fsp3) is 0. The number of carboxylic acids is 1. The number of aromatic amines is 1. The molecule has 0 aliphatic rings. The van der Waals surface area contributed by atoms with Gasteiger partial charge in [-0.3, -0.25) is 4.79 Å². The minimum absolute atomic E-state index is 0.153. The molecule has 7 heteroatoms. The lowest BCUT2D eigenvalue weighted by atomic mass is 10.0. The molecule has 3 aromatic heterocycles. The third-order valence-electron chi connectivity index (χ3n) is 3.66. The monoisotopic (exact) mass is 306 g/mol. The van der Waals surface area contributed by atoms with Gasteiger partial charge in [0.2, 0.25) is 0 Å². The van der Waals surface area contributed by atoms with Crippen LogP contribution in [0, 0.1) is 0 Å². The number of pyridine rings is 1. The van der Waals surface area contributed by atoms with Gasteiger partial charge in [-0.2, -0.15) is 5.10 Å². The van der Waals surface area contributed by atoms with Gasteiger partial charge in [0, 0.05) is 35.0 Å². The van der Waals surface area contributed by atoms with Crippen LogP contribution in [0.25, 0.3) is 27.7 Å². The number of aromatic nitrogens is 4. The van der Waals surface area contributed by atoms with E-state index in [0.717, 1.165) is 11.6 Å². The van der Waals surface area contributed by atoms with Gasteiger partial charge in [0.25, 0.3) is 0 Å². The third kappa shape index (κ3) is 1.98. The van der Waals surface area contributed by atoms with Crippen molar-refractivity contribution in [3.63, 3.8) is 0 Å². The molecule has 7 nitrogen and oxygen atoms in total. The van der Waals surface area contributed by atoms with E-state index in [4.69, 9.17) is 5.11 Å². The number of para-hydroxylation sites is 1. The zero-order chi connectivity index (χ0) is 16.0. The molecular weight excluding hydrogens is 296 g/mol. The first kappa shape index (κ1) is 13.2. The summed E-state index contributed by atoms with van der Waals surface area (Å²) in [5, 5.41) is 13.8. The highest BCUT2D eigenvalue weighted by molar-refractivity contribution is 5.99. The number of carbonyl (C=O) groups is 1. The number of fused-ring (bicyclic) bond motifs is 2.